The van der Waals surface area contributed by atoms with Crippen molar-refractivity contribution in [3.63, 3.8) is 0 Å². The zero-order valence-electron chi connectivity index (χ0n) is 19.1. The normalized spacial score (nSPS) is 14.8. The Morgan fingerprint density at radius 1 is 1.03 bits per heavy atom. The van der Waals surface area contributed by atoms with E-state index >= 15 is 0 Å². The van der Waals surface area contributed by atoms with Crippen LogP contribution in [0, 0.1) is 5.92 Å². The van der Waals surface area contributed by atoms with E-state index < -0.39 is 29.9 Å². The molecule has 1 heterocycles. The third-order valence-electron chi connectivity index (χ3n) is 5.63. The minimum absolute atomic E-state index is 0.122. The van der Waals surface area contributed by atoms with Crippen LogP contribution in [0.2, 0.25) is 0 Å². The van der Waals surface area contributed by atoms with Gasteiger partial charge < -0.3 is 15.2 Å². The van der Waals surface area contributed by atoms with Gasteiger partial charge in [0.2, 0.25) is 0 Å². The molecule has 3 amide bonds. The third-order valence-corrected chi connectivity index (χ3v) is 5.63. The molecular weight excluding hydrogens is 440 g/mol. The second kappa shape index (κ2) is 10.9. The number of imide groups is 1. The molecule has 2 aromatic rings. The van der Waals surface area contributed by atoms with Crippen molar-refractivity contribution >= 4 is 23.9 Å². The number of carboxylic acids is 1. The minimum atomic E-state index is -1.05. The van der Waals surface area contributed by atoms with E-state index in [9.17, 15) is 24.3 Å². The lowest BCUT2D eigenvalue weighted by Crippen LogP contribution is -2.41. The summed E-state index contributed by atoms with van der Waals surface area (Å²) < 4.78 is 5.30. The summed E-state index contributed by atoms with van der Waals surface area (Å²) in [5, 5.41) is 20.2. The number of carbonyl (C=O) groups is 4. The number of hydroxylamine groups is 2. The number of ether oxygens (including phenoxy) is 1. The van der Waals surface area contributed by atoms with Crippen LogP contribution < -0.4 is 5.32 Å². The van der Waals surface area contributed by atoms with Gasteiger partial charge in [-0.15, -0.1) is 0 Å². The number of benzene rings is 2. The highest BCUT2D eigenvalue weighted by Gasteiger charge is 2.27. The van der Waals surface area contributed by atoms with Gasteiger partial charge in [-0.25, -0.2) is 9.59 Å². The number of nitrogens with one attached hydrogen (secondary N) is 1. The van der Waals surface area contributed by atoms with E-state index in [1.165, 1.54) is 22.3 Å². The SMILES string of the molecule is CC(C)CC(NC(=O)OCc1cccc2c1Cc1ccccc1-2)C(=O)O.O=C1CCC(=O)N1O. The van der Waals surface area contributed by atoms with E-state index in [2.05, 4.69) is 23.5 Å². The Balaban J connectivity index is 0.000000343. The van der Waals surface area contributed by atoms with Crippen LogP contribution in [0.15, 0.2) is 42.5 Å². The summed E-state index contributed by atoms with van der Waals surface area (Å²) in [5.41, 5.74) is 5.77. The average Bonchev–Trinajstić information content (AvgIpc) is 3.32. The van der Waals surface area contributed by atoms with Gasteiger partial charge in [-0.05, 0) is 46.6 Å². The third kappa shape index (κ3) is 5.99. The van der Waals surface area contributed by atoms with Crippen LogP contribution >= 0.6 is 0 Å². The molecule has 34 heavy (non-hydrogen) atoms. The molecule has 1 aliphatic carbocycles. The van der Waals surface area contributed by atoms with Crippen molar-refractivity contribution in [1.29, 1.82) is 0 Å². The van der Waals surface area contributed by atoms with Crippen LogP contribution in [0.25, 0.3) is 11.1 Å². The van der Waals surface area contributed by atoms with Crippen LogP contribution in [0.3, 0.4) is 0 Å². The Hall–Kier alpha value is -3.72. The fourth-order valence-electron chi connectivity index (χ4n) is 3.94. The number of aliphatic carboxylic acids is 1. The zero-order chi connectivity index (χ0) is 24.8. The number of fused-ring (bicyclic) bond motifs is 3. The number of carboxylic acid groups (broad SMARTS) is 1. The van der Waals surface area contributed by atoms with Crippen molar-refractivity contribution in [2.24, 2.45) is 5.92 Å². The predicted molar refractivity (Wildman–Crippen MR) is 122 cm³/mol. The van der Waals surface area contributed by atoms with Gasteiger partial charge in [0.25, 0.3) is 11.8 Å². The monoisotopic (exact) mass is 468 g/mol. The van der Waals surface area contributed by atoms with E-state index in [1.54, 1.807) is 0 Å². The predicted octanol–water partition coefficient (Wildman–Crippen LogP) is 3.51. The summed E-state index contributed by atoms with van der Waals surface area (Å²) in [4.78, 5) is 43.8. The largest absolute Gasteiger partial charge is 0.480 e. The maximum absolute atomic E-state index is 12.0. The fourth-order valence-corrected chi connectivity index (χ4v) is 3.94. The molecular formula is C25H28N2O7. The molecule has 0 radical (unpaired) electrons. The number of alkyl carbamates (subject to hydrolysis) is 1. The van der Waals surface area contributed by atoms with E-state index in [0.29, 0.717) is 6.42 Å². The Morgan fingerprint density at radius 3 is 2.26 bits per heavy atom. The van der Waals surface area contributed by atoms with E-state index in [4.69, 9.17) is 9.94 Å². The first-order valence-electron chi connectivity index (χ1n) is 11.1. The van der Waals surface area contributed by atoms with E-state index in [-0.39, 0.29) is 30.4 Å². The summed E-state index contributed by atoms with van der Waals surface area (Å²) in [7, 11) is 0. The lowest BCUT2D eigenvalue weighted by Gasteiger charge is -2.17. The van der Waals surface area contributed by atoms with Crippen molar-refractivity contribution < 1.29 is 34.2 Å². The smallest absolute Gasteiger partial charge is 0.408 e. The van der Waals surface area contributed by atoms with Crippen molar-refractivity contribution in [3.05, 3.63) is 59.2 Å². The number of nitrogens with zero attached hydrogens (tertiary/aromatic N) is 1. The Bertz CT molecular complexity index is 1080. The summed E-state index contributed by atoms with van der Waals surface area (Å²) in [6.45, 7) is 3.94. The lowest BCUT2D eigenvalue weighted by atomic mass is 10.0. The molecule has 1 unspecified atom stereocenters. The summed E-state index contributed by atoms with van der Waals surface area (Å²) in [5.74, 6) is -1.90. The molecule has 9 nitrogen and oxygen atoms in total. The average molecular weight is 469 g/mol. The van der Waals surface area contributed by atoms with Crippen LogP contribution in [0.4, 0.5) is 4.79 Å². The lowest BCUT2D eigenvalue weighted by molar-refractivity contribution is -0.171. The van der Waals surface area contributed by atoms with Crippen molar-refractivity contribution in [1.82, 2.24) is 10.4 Å². The Morgan fingerprint density at radius 2 is 1.68 bits per heavy atom. The van der Waals surface area contributed by atoms with Crippen LogP contribution in [-0.4, -0.2) is 45.3 Å². The second-order valence-corrected chi connectivity index (χ2v) is 8.62. The second-order valence-electron chi connectivity index (χ2n) is 8.62. The molecule has 1 fully saturated rings. The summed E-state index contributed by atoms with van der Waals surface area (Å²) in [6.07, 6.45) is 0.772. The van der Waals surface area contributed by atoms with Gasteiger partial charge in [-0.2, -0.15) is 5.06 Å². The van der Waals surface area contributed by atoms with E-state index in [0.717, 1.165) is 12.0 Å². The van der Waals surface area contributed by atoms with Crippen molar-refractivity contribution in [3.8, 4) is 11.1 Å². The molecule has 1 aliphatic heterocycles. The summed E-state index contributed by atoms with van der Waals surface area (Å²) in [6, 6.07) is 13.3. The van der Waals surface area contributed by atoms with Gasteiger partial charge in [0.05, 0.1) is 0 Å². The first kappa shape index (κ1) is 24.9. The molecule has 1 atom stereocenters. The van der Waals surface area contributed by atoms with Gasteiger partial charge in [0.15, 0.2) is 0 Å². The Labute approximate surface area is 197 Å². The molecule has 180 valence electrons. The zero-order valence-corrected chi connectivity index (χ0v) is 19.1. The first-order chi connectivity index (χ1) is 16.2. The molecule has 4 rings (SSSR count). The number of hydrogen-bond donors (Lipinski definition) is 3. The highest BCUT2D eigenvalue weighted by atomic mass is 16.5. The number of rotatable bonds is 6. The summed E-state index contributed by atoms with van der Waals surface area (Å²) >= 11 is 0. The minimum Gasteiger partial charge on any atom is -0.480 e. The molecule has 0 bridgehead atoms. The molecule has 2 aliphatic rings. The maximum atomic E-state index is 12.0. The molecule has 2 aromatic carbocycles. The van der Waals surface area contributed by atoms with Crippen LogP contribution in [-0.2, 0) is 32.1 Å². The maximum Gasteiger partial charge on any atom is 0.408 e. The number of amides is 3. The number of carbonyl (C=O) groups excluding carboxylic acids is 3. The fraction of sp³-hybridized carbons (Fsp3) is 0.360. The van der Waals surface area contributed by atoms with Crippen LogP contribution in [0.5, 0.6) is 0 Å². The first-order valence-corrected chi connectivity index (χ1v) is 11.1. The quantitative estimate of drug-likeness (QED) is 0.372. The standard InChI is InChI=1S/C21H23NO4.C4H5NO3/c1-13(2)10-19(20(23)24)22-21(25)26-12-15-7-5-9-17-16-8-4-3-6-14(16)11-18(15)17;6-3-1-2-4(7)5(3)8/h3-9,13,19H,10-12H2,1-2H3,(H,22,25)(H,23,24);8H,1-2H2. The van der Waals surface area contributed by atoms with Gasteiger partial charge in [0.1, 0.15) is 12.6 Å². The van der Waals surface area contributed by atoms with Crippen molar-refractivity contribution in [2.75, 3.05) is 0 Å². The molecule has 0 aromatic heterocycles. The molecule has 0 saturated carbocycles. The molecule has 3 N–H and O–H groups in total. The number of hydrogen-bond acceptors (Lipinski definition) is 6. The topological polar surface area (TPSA) is 133 Å². The van der Waals surface area contributed by atoms with Crippen LogP contribution in [0.1, 0.15) is 49.8 Å². The highest BCUT2D eigenvalue weighted by molar-refractivity contribution is 6.00. The van der Waals surface area contributed by atoms with Gasteiger partial charge in [-0.3, -0.25) is 14.8 Å². The molecule has 9 heteroatoms. The highest BCUT2D eigenvalue weighted by Crippen LogP contribution is 2.38. The van der Waals surface area contributed by atoms with Gasteiger partial charge in [0, 0.05) is 12.8 Å². The van der Waals surface area contributed by atoms with Crippen molar-refractivity contribution in [2.45, 2.75) is 52.2 Å². The Kier molecular flexibility index (Phi) is 8.01. The van der Waals surface area contributed by atoms with Gasteiger partial charge in [-0.1, -0.05) is 56.3 Å². The van der Waals surface area contributed by atoms with E-state index in [1.807, 2.05) is 38.1 Å². The molecule has 0 spiro atoms. The van der Waals surface area contributed by atoms with Gasteiger partial charge >= 0.3 is 12.1 Å². The molecule has 1 saturated heterocycles.